The van der Waals surface area contributed by atoms with Gasteiger partial charge in [0.15, 0.2) is 0 Å². The first-order chi connectivity index (χ1) is 11.6. The zero-order chi connectivity index (χ0) is 16.7. The van der Waals surface area contributed by atoms with Gasteiger partial charge in [-0.05, 0) is 31.1 Å². The van der Waals surface area contributed by atoms with Gasteiger partial charge in [-0.15, -0.1) is 11.3 Å². The van der Waals surface area contributed by atoms with E-state index in [0.29, 0.717) is 5.28 Å². The number of anilines is 1. The molecule has 0 atom stereocenters. The van der Waals surface area contributed by atoms with Gasteiger partial charge in [0.2, 0.25) is 5.28 Å². The number of thiophene rings is 1. The standard InChI is InChI=1S/C18H19ClN4S/c1-12-14(13-6-4-3-5-7-13)15-16(20-18(19)21-17(15)24-12)23-10-8-22(2)9-11-23/h3-7H,8-11H2,1-2H3. The van der Waals surface area contributed by atoms with Crippen LogP contribution in [-0.2, 0) is 0 Å². The Morgan fingerprint density at radius 2 is 1.75 bits per heavy atom. The van der Waals surface area contributed by atoms with Crippen molar-refractivity contribution in [1.82, 2.24) is 14.9 Å². The molecule has 0 aliphatic carbocycles. The van der Waals surface area contributed by atoms with Crippen molar-refractivity contribution in [3.05, 3.63) is 40.5 Å². The van der Waals surface area contributed by atoms with Gasteiger partial charge >= 0.3 is 0 Å². The van der Waals surface area contributed by atoms with E-state index in [1.165, 1.54) is 16.0 Å². The zero-order valence-electron chi connectivity index (χ0n) is 13.8. The molecule has 0 radical (unpaired) electrons. The molecule has 0 N–H and O–H groups in total. The van der Waals surface area contributed by atoms with Gasteiger partial charge in [0, 0.05) is 36.6 Å². The number of hydrogen-bond acceptors (Lipinski definition) is 5. The van der Waals surface area contributed by atoms with Crippen LogP contribution in [0.15, 0.2) is 30.3 Å². The molecule has 4 rings (SSSR count). The van der Waals surface area contributed by atoms with Crippen molar-refractivity contribution in [1.29, 1.82) is 0 Å². The molecule has 0 bridgehead atoms. The molecule has 0 unspecified atom stereocenters. The number of benzene rings is 1. The molecule has 1 fully saturated rings. The largest absolute Gasteiger partial charge is 0.353 e. The van der Waals surface area contributed by atoms with Crippen LogP contribution >= 0.6 is 22.9 Å². The SMILES string of the molecule is Cc1sc2nc(Cl)nc(N3CCN(C)CC3)c2c1-c1ccccc1. The van der Waals surface area contributed by atoms with E-state index in [-0.39, 0.29) is 0 Å². The Bertz CT molecular complexity index is 870. The van der Waals surface area contributed by atoms with Gasteiger partial charge in [-0.25, -0.2) is 4.98 Å². The van der Waals surface area contributed by atoms with Crippen molar-refractivity contribution in [3.63, 3.8) is 0 Å². The fraction of sp³-hybridized carbons (Fsp3) is 0.333. The Kier molecular flexibility index (Phi) is 4.16. The summed E-state index contributed by atoms with van der Waals surface area (Å²) in [6.07, 6.45) is 0. The lowest BCUT2D eigenvalue weighted by Gasteiger charge is -2.33. The van der Waals surface area contributed by atoms with Crippen LogP contribution in [0.25, 0.3) is 21.3 Å². The predicted octanol–water partition coefficient (Wildman–Crippen LogP) is 4.07. The Hall–Kier alpha value is -1.69. The van der Waals surface area contributed by atoms with E-state index < -0.39 is 0 Å². The first-order valence-electron chi connectivity index (χ1n) is 8.09. The van der Waals surface area contributed by atoms with E-state index in [9.17, 15) is 0 Å². The maximum Gasteiger partial charge on any atom is 0.225 e. The fourth-order valence-electron chi connectivity index (χ4n) is 3.27. The Morgan fingerprint density at radius 1 is 1.04 bits per heavy atom. The van der Waals surface area contributed by atoms with Crippen LogP contribution in [0.3, 0.4) is 0 Å². The van der Waals surface area contributed by atoms with Crippen molar-refractivity contribution in [2.24, 2.45) is 0 Å². The van der Waals surface area contributed by atoms with E-state index in [0.717, 1.165) is 42.2 Å². The molecule has 1 aromatic carbocycles. The minimum absolute atomic E-state index is 0.331. The first-order valence-corrected chi connectivity index (χ1v) is 9.28. The Balaban J connectivity index is 1.93. The average Bonchev–Trinajstić information content (AvgIpc) is 2.91. The lowest BCUT2D eigenvalue weighted by molar-refractivity contribution is 0.312. The molecule has 1 aliphatic heterocycles. The number of nitrogens with zero attached hydrogens (tertiary/aromatic N) is 4. The quantitative estimate of drug-likeness (QED) is 0.646. The second-order valence-electron chi connectivity index (χ2n) is 6.19. The normalized spacial score (nSPS) is 16.0. The molecular formula is C18H19ClN4S. The van der Waals surface area contributed by atoms with Crippen LogP contribution in [0.1, 0.15) is 4.88 Å². The van der Waals surface area contributed by atoms with Gasteiger partial charge in [0.25, 0.3) is 0 Å². The van der Waals surface area contributed by atoms with E-state index in [4.69, 9.17) is 11.6 Å². The summed E-state index contributed by atoms with van der Waals surface area (Å²) in [6.45, 7) is 6.14. The maximum atomic E-state index is 6.23. The molecule has 3 aromatic rings. The highest BCUT2D eigenvalue weighted by molar-refractivity contribution is 7.19. The number of aryl methyl sites for hydroxylation is 1. The van der Waals surface area contributed by atoms with E-state index in [2.05, 4.69) is 58.0 Å². The minimum Gasteiger partial charge on any atom is -0.353 e. The number of halogens is 1. The van der Waals surface area contributed by atoms with E-state index in [1.807, 2.05) is 6.07 Å². The summed E-state index contributed by atoms with van der Waals surface area (Å²) in [5.41, 5.74) is 2.45. The van der Waals surface area contributed by atoms with Crippen LogP contribution in [0.2, 0.25) is 5.28 Å². The maximum absolute atomic E-state index is 6.23. The lowest BCUT2D eigenvalue weighted by Crippen LogP contribution is -2.44. The van der Waals surface area contributed by atoms with Crippen molar-refractivity contribution < 1.29 is 0 Å². The van der Waals surface area contributed by atoms with Crippen LogP contribution in [0.4, 0.5) is 5.82 Å². The van der Waals surface area contributed by atoms with Gasteiger partial charge in [-0.2, -0.15) is 4.98 Å². The van der Waals surface area contributed by atoms with Gasteiger partial charge in [0.1, 0.15) is 10.6 Å². The fourth-order valence-corrected chi connectivity index (χ4v) is 4.52. The van der Waals surface area contributed by atoms with Crippen molar-refractivity contribution in [3.8, 4) is 11.1 Å². The molecule has 0 saturated carbocycles. The summed E-state index contributed by atoms with van der Waals surface area (Å²) in [6, 6.07) is 10.5. The van der Waals surface area contributed by atoms with Gasteiger partial charge in [-0.3, -0.25) is 0 Å². The highest BCUT2D eigenvalue weighted by Crippen LogP contribution is 2.42. The van der Waals surface area contributed by atoms with Crippen LogP contribution in [-0.4, -0.2) is 48.1 Å². The summed E-state index contributed by atoms with van der Waals surface area (Å²) >= 11 is 7.92. The third-order valence-electron chi connectivity index (χ3n) is 4.55. The molecular weight excluding hydrogens is 340 g/mol. The van der Waals surface area contributed by atoms with Gasteiger partial charge < -0.3 is 9.80 Å². The number of fused-ring (bicyclic) bond motifs is 1. The van der Waals surface area contributed by atoms with E-state index in [1.54, 1.807) is 11.3 Å². The molecule has 1 aliphatic rings. The smallest absolute Gasteiger partial charge is 0.225 e. The lowest BCUT2D eigenvalue weighted by atomic mass is 10.0. The van der Waals surface area contributed by atoms with E-state index >= 15 is 0 Å². The van der Waals surface area contributed by atoms with Crippen molar-refractivity contribution >= 4 is 39.0 Å². The molecule has 124 valence electrons. The summed E-state index contributed by atoms with van der Waals surface area (Å²) < 4.78 is 0. The summed E-state index contributed by atoms with van der Waals surface area (Å²) in [5.74, 6) is 0.973. The zero-order valence-corrected chi connectivity index (χ0v) is 15.4. The van der Waals surface area contributed by atoms with Crippen LogP contribution in [0, 0.1) is 6.92 Å². The Morgan fingerprint density at radius 3 is 2.46 bits per heavy atom. The summed E-state index contributed by atoms with van der Waals surface area (Å²) in [7, 11) is 2.16. The summed E-state index contributed by atoms with van der Waals surface area (Å²) in [4.78, 5) is 16.0. The van der Waals surface area contributed by atoms with Gasteiger partial charge in [0.05, 0.1) is 5.39 Å². The predicted molar refractivity (Wildman–Crippen MR) is 102 cm³/mol. The minimum atomic E-state index is 0.331. The third-order valence-corrected chi connectivity index (χ3v) is 5.71. The molecule has 4 nitrogen and oxygen atoms in total. The second-order valence-corrected chi connectivity index (χ2v) is 7.73. The molecule has 0 spiro atoms. The number of rotatable bonds is 2. The number of likely N-dealkylation sites (N-methyl/N-ethyl adjacent to an activating group) is 1. The second kappa shape index (κ2) is 6.31. The molecule has 2 aromatic heterocycles. The highest BCUT2D eigenvalue weighted by atomic mass is 35.5. The molecule has 1 saturated heterocycles. The van der Waals surface area contributed by atoms with Crippen molar-refractivity contribution in [2.75, 3.05) is 38.1 Å². The molecule has 24 heavy (non-hydrogen) atoms. The van der Waals surface area contributed by atoms with Gasteiger partial charge in [-0.1, -0.05) is 30.3 Å². The molecule has 0 amide bonds. The molecule has 3 heterocycles. The van der Waals surface area contributed by atoms with Crippen LogP contribution in [0.5, 0.6) is 0 Å². The number of hydrogen-bond donors (Lipinski definition) is 0. The first kappa shape index (κ1) is 15.8. The highest BCUT2D eigenvalue weighted by Gasteiger charge is 2.23. The Labute approximate surface area is 150 Å². The summed E-state index contributed by atoms with van der Waals surface area (Å²) in [5, 5.41) is 1.47. The topological polar surface area (TPSA) is 32.3 Å². The van der Waals surface area contributed by atoms with Crippen LogP contribution < -0.4 is 4.90 Å². The average molecular weight is 359 g/mol. The van der Waals surface area contributed by atoms with Crippen molar-refractivity contribution in [2.45, 2.75) is 6.92 Å². The third kappa shape index (κ3) is 2.77. The number of piperazine rings is 1. The number of aromatic nitrogens is 2. The monoisotopic (exact) mass is 358 g/mol. The molecule has 6 heteroatoms.